The molecular weight excluding hydrogens is 390 g/mol. The van der Waals surface area contributed by atoms with Gasteiger partial charge in [0.05, 0.1) is 12.1 Å². The molecule has 4 rings (SSSR count). The molecule has 1 saturated heterocycles. The third-order valence-electron chi connectivity index (χ3n) is 5.57. The molecular formula is C25H25N3O3. The molecule has 1 aromatic heterocycles. The third-order valence-corrected chi connectivity index (χ3v) is 5.57. The predicted molar refractivity (Wildman–Crippen MR) is 118 cm³/mol. The number of amides is 2. The quantitative estimate of drug-likeness (QED) is 0.576. The molecule has 1 aliphatic heterocycles. The minimum absolute atomic E-state index is 0.0416. The smallest absolute Gasteiger partial charge is 0.292 e. The lowest BCUT2D eigenvalue weighted by molar-refractivity contribution is -0.134. The van der Waals surface area contributed by atoms with Crippen molar-refractivity contribution in [3.05, 3.63) is 90.8 Å². The molecule has 158 valence electrons. The summed E-state index contributed by atoms with van der Waals surface area (Å²) in [5.74, 6) is -0.345. The summed E-state index contributed by atoms with van der Waals surface area (Å²) in [6.45, 7) is 5.48. The van der Waals surface area contributed by atoms with E-state index in [0.717, 1.165) is 16.7 Å². The summed E-state index contributed by atoms with van der Waals surface area (Å²) < 4.78 is 5.04. The molecule has 31 heavy (non-hydrogen) atoms. The zero-order chi connectivity index (χ0) is 21.6. The summed E-state index contributed by atoms with van der Waals surface area (Å²) in [4.78, 5) is 29.5. The van der Waals surface area contributed by atoms with Crippen LogP contribution in [-0.2, 0) is 11.2 Å². The summed E-state index contributed by atoms with van der Waals surface area (Å²) in [5.41, 5.74) is 3.35. The summed E-state index contributed by atoms with van der Waals surface area (Å²) in [5, 5.41) is 3.63. The van der Waals surface area contributed by atoms with Crippen molar-refractivity contribution in [3.63, 3.8) is 0 Å². The van der Waals surface area contributed by atoms with Gasteiger partial charge in [0.25, 0.3) is 5.91 Å². The Morgan fingerprint density at radius 2 is 1.81 bits per heavy atom. The van der Waals surface area contributed by atoms with Gasteiger partial charge in [-0.2, -0.15) is 0 Å². The van der Waals surface area contributed by atoms with Crippen LogP contribution >= 0.6 is 0 Å². The Balaban J connectivity index is 1.53. The van der Waals surface area contributed by atoms with Gasteiger partial charge in [-0.3, -0.25) is 9.59 Å². The molecule has 0 aliphatic carbocycles. The van der Waals surface area contributed by atoms with Crippen LogP contribution in [0, 0.1) is 5.92 Å². The molecule has 6 heteroatoms. The second kappa shape index (κ2) is 9.43. The fraction of sp³-hybridized carbons (Fsp3) is 0.240. The molecule has 1 aliphatic rings. The minimum Gasteiger partial charge on any atom is -0.351 e. The van der Waals surface area contributed by atoms with E-state index >= 15 is 0 Å². The highest BCUT2D eigenvalue weighted by molar-refractivity contribution is 5.92. The molecule has 3 aromatic rings. The van der Waals surface area contributed by atoms with E-state index in [9.17, 15) is 9.59 Å². The Hall–Kier alpha value is -3.67. The maximum atomic E-state index is 13.2. The first-order valence-corrected chi connectivity index (χ1v) is 10.4. The summed E-state index contributed by atoms with van der Waals surface area (Å²) in [6.07, 6.45) is 3.73. The van der Waals surface area contributed by atoms with Crippen molar-refractivity contribution < 1.29 is 14.1 Å². The van der Waals surface area contributed by atoms with Crippen molar-refractivity contribution >= 4 is 11.8 Å². The van der Waals surface area contributed by atoms with Gasteiger partial charge >= 0.3 is 0 Å². The van der Waals surface area contributed by atoms with Gasteiger partial charge in [0.2, 0.25) is 11.7 Å². The van der Waals surface area contributed by atoms with E-state index < -0.39 is 0 Å². The normalized spacial score (nSPS) is 16.8. The van der Waals surface area contributed by atoms with Crippen LogP contribution in [0.15, 0.2) is 84.0 Å². The fourth-order valence-electron chi connectivity index (χ4n) is 3.95. The van der Waals surface area contributed by atoms with Gasteiger partial charge in [0, 0.05) is 32.2 Å². The lowest BCUT2D eigenvalue weighted by Gasteiger charge is -2.23. The second-order valence-corrected chi connectivity index (χ2v) is 7.66. The van der Waals surface area contributed by atoms with Gasteiger partial charge in [-0.25, -0.2) is 0 Å². The number of carbonyl (C=O) groups is 2. The first-order valence-electron chi connectivity index (χ1n) is 10.4. The van der Waals surface area contributed by atoms with Crippen molar-refractivity contribution in [2.45, 2.75) is 6.42 Å². The molecule has 0 bridgehead atoms. The average molecular weight is 415 g/mol. The lowest BCUT2D eigenvalue weighted by atomic mass is 9.95. The van der Waals surface area contributed by atoms with E-state index in [-0.39, 0.29) is 23.5 Å². The number of rotatable bonds is 6. The van der Waals surface area contributed by atoms with Crippen molar-refractivity contribution in [1.82, 2.24) is 15.0 Å². The Bertz CT molecular complexity index is 1030. The first kappa shape index (κ1) is 20.6. The van der Waals surface area contributed by atoms with E-state index in [1.807, 2.05) is 18.2 Å². The van der Waals surface area contributed by atoms with Gasteiger partial charge in [0.1, 0.15) is 0 Å². The molecule has 2 aromatic carbocycles. The van der Waals surface area contributed by atoms with Crippen molar-refractivity contribution in [2.75, 3.05) is 26.2 Å². The van der Waals surface area contributed by atoms with Crippen LogP contribution in [0.5, 0.6) is 0 Å². The molecule has 0 radical (unpaired) electrons. The van der Waals surface area contributed by atoms with Crippen molar-refractivity contribution in [2.24, 2.45) is 5.92 Å². The Morgan fingerprint density at radius 1 is 1.06 bits per heavy atom. The number of nitrogens with zero attached hydrogens (tertiary/aromatic N) is 3. The van der Waals surface area contributed by atoms with E-state index in [4.69, 9.17) is 4.52 Å². The summed E-state index contributed by atoms with van der Waals surface area (Å²) in [7, 11) is 0. The second-order valence-electron chi connectivity index (χ2n) is 7.66. The van der Waals surface area contributed by atoms with Crippen LogP contribution in [-0.4, -0.2) is 52.9 Å². The van der Waals surface area contributed by atoms with Crippen LogP contribution < -0.4 is 0 Å². The SMILES string of the molecule is C=CCN1CCN(C(=O)c2ccno2)C[C@H](Cc2ccc(-c3ccccc3)cc2)C1=O. The molecule has 2 heterocycles. The monoisotopic (exact) mass is 415 g/mol. The molecule has 0 spiro atoms. The largest absolute Gasteiger partial charge is 0.351 e. The van der Waals surface area contributed by atoms with Crippen LogP contribution in [0.3, 0.4) is 0 Å². The van der Waals surface area contributed by atoms with Gasteiger partial charge < -0.3 is 14.3 Å². The van der Waals surface area contributed by atoms with Gasteiger partial charge in [-0.05, 0) is 23.1 Å². The van der Waals surface area contributed by atoms with Gasteiger partial charge in [-0.1, -0.05) is 65.8 Å². The van der Waals surface area contributed by atoms with Crippen molar-refractivity contribution in [1.29, 1.82) is 0 Å². The predicted octanol–water partition coefficient (Wildman–Crippen LogP) is 3.67. The lowest BCUT2D eigenvalue weighted by Crippen LogP contribution is -2.38. The molecule has 0 unspecified atom stereocenters. The van der Waals surface area contributed by atoms with Crippen molar-refractivity contribution in [3.8, 4) is 11.1 Å². The zero-order valence-electron chi connectivity index (χ0n) is 17.3. The molecule has 0 N–H and O–H groups in total. The Labute approximate surface area is 181 Å². The minimum atomic E-state index is -0.336. The zero-order valence-corrected chi connectivity index (χ0v) is 17.3. The molecule has 1 fully saturated rings. The van der Waals surface area contributed by atoms with Crippen LogP contribution in [0.2, 0.25) is 0 Å². The molecule has 1 atom stereocenters. The highest BCUT2D eigenvalue weighted by Crippen LogP contribution is 2.23. The maximum absolute atomic E-state index is 13.2. The molecule has 2 amide bonds. The standard InChI is InChI=1S/C25H25N3O3/c1-2-14-27-15-16-28(25(30)23-12-13-26-31-23)18-22(24(27)29)17-19-8-10-21(11-9-19)20-6-4-3-5-7-20/h2-13,22H,1,14-18H2/t22-/m0/s1. The third kappa shape index (κ3) is 4.74. The first-order chi connectivity index (χ1) is 15.2. The number of hydrogen-bond acceptors (Lipinski definition) is 4. The maximum Gasteiger partial charge on any atom is 0.292 e. The highest BCUT2D eigenvalue weighted by Gasteiger charge is 2.33. The van der Waals surface area contributed by atoms with E-state index in [0.29, 0.717) is 32.6 Å². The Kier molecular flexibility index (Phi) is 6.26. The number of benzene rings is 2. The van der Waals surface area contributed by atoms with E-state index in [1.54, 1.807) is 21.9 Å². The molecule has 0 saturated carbocycles. The topological polar surface area (TPSA) is 66.7 Å². The summed E-state index contributed by atoms with van der Waals surface area (Å²) >= 11 is 0. The van der Waals surface area contributed by atoms with Gasteiger partial charge in [-0.15, -0.1) is 6.58 Å². The molecule has 6 nitrogen and oxygen atoms in total. The van der Waals surface area contributed by atoms with E-state index in [2.05, 4.69) is 48.1 Å². The van der Waals surface area contributed by atoms with Crippen LogP contribution in [0.25, 0.3) is 11.1 Å². The number of aromatic nitrogens is 1. The fourth-order valence-corrected chi connectivity index (χ4v) is 3.95. The van der Waals surface area contributed by atoms with Crippen LogP contribution in [0.4, 0.5) is 0 Å². The average Bonchev–Trinajstić information content (AvgIpc) is 3.30. The summed E-state index contributed by atoms with van der Waals surface area (Å²) in [6, 6.07) is 20.0. The van der Waals surface area contributed by atoms with Gasteiger partial charge in [0.15, 0.2) is 0 Å². The highest BCUT2D eigenvalue weighted by atomic mass is 16.5. The van der Waals surface area contributed by atoms with Crippen LogP contribution in [0.1, 0.15) is 16.1 Å². The van der Waals surface area contributed by atoms with E-state index in [1.165, 1.54) is 6.20 Å². The Morgan fingerprint density at radius 3 is 2.48 bits per heavy atom. The number of carbonyl (C=O) groups excluding carboxylic acids is 2. The number of hydrogen-bond donors (Lipinski definition) is 0.